The van der Waals surface area contributed by atoms with Gasteiger partial charge in [-0.1, -0.05) is 12.1 Å². The quantitative estimate of drug-likeness (QED) is 0.671. The molecule has 156 valence electrons. The Balaban J connectivity index is 1.75. The van der Waals surface area contributed by atoms with Gasteiger partial charge in [0, 0.05) is 17.6 Å². The lowest BCUT2D eigenvalue weighted by molar-refractivity contribution is -0.120. The van der Waals surface area contributed by atoms with E-state index in [1.54, 1.807) is 18.2 Å². The molecule has 0 aliphatic carbocycles. The van der Waals surface area contributed by atoms with Gasteiger partial charge < -0.3 is 10.1 Å². The second-order valence-electron chi connectivity index (χ2n) is 7.03. The molecular weight excluding hydrogens is 456 g/mol. The second kappa shape index (κ2) is 9.28. The summed E-state index contributed by atoms with van der Waals surface area (Å²) in [6.07, 6.45) is 1.30. The Bertz CT molecular complexity index is 994. The van der Waals surface area contributed by atoms with Crippen LogP contribution in [0.25, 0.3) is 0 Å². The highest BCUT2D eigenvalue weighted by Gasteiger charge is 2.33. The summed E-state index contributed by atoms with van der Waals surface area (Å²) in [5, 5.41) is 2.90. The van der Waals surface area contributed by atoms with Gasteiger partial charge in [-0.15, -0.1) is 0 Å². The van der Waals surface area contributed by atoms with E-state index in [9.17, 15) is 13.2 Å². The highest BCUT2D eigenvalue weighted by molar-refractivity contribution is 9.10. The van der Waals surface area contributed by atoms with Crippen molar-refractivity contribution in [2.75, 3.05) is 25.0 Å². The van der Waals surface area contributed by atoms with E-state index in [4.69, 9.17) is 4.74 Å². The Labute approximate surface area is 180 Å². The molecule has 1 saturated heterocycles. The predicted octanol–water partition coefficient (Wildman–Crippen LogP) is 4.20. The molecule has 2 aromatic rings. The molecule has 1 atom stereocenters. The SMILES string of the molecule is CCOc1ccc(S(=O)(=O)N2CCC[C@H](C(=O)Nc3ccccc3Br)C2)cc1C. The third-order valence-electron chi connectivity index (χ3n) is 4.97. The van der Waals surface area contributed by atoms with Gasteiger partial charge >= 0.3 is 0 Å². The minimum atomic E-state index is -3.68. The van der Waals surface area contributed by atoms with E-state index in [0.717, 1.165) is 10.0 Å². The lowest BCUT2D eigenvalue weighted by atomic mass is 9.99. The van der Waals surface area contributed by atoms with E-state index in [1.807, 2.05) is 38.1 Å². The maximum atomic E-state index is 13.1. The number of para-hydroxylation sites is 1. The van der Waals surface area contributed by atoms with Crippen molar-refractivity contribution < 1.29 is 17.9 Å². The van der Waals surface area contributed by atoms with Crippen molar-refractivity contribution >= 4 is 37.5 Å². The number of anilines is 1. The minimum absolute atomic E-state index is 0.167. The maximum Gasteiger partial charge on any atom is 0.243 e. The number of ether oxygens (including phenoxy) is 1. The molecule has 1 amide bonds. The first-order valence-corrected chi connectivity index (χ1v) is 11.8. The molecule has 0 bridgehead atoms. The van der Waals surface area contributed by atoms with Crippen LogP contribution in [-0.4, -0.2) is 38.3 Å². The number of aryl methyl sites for hydroxylation is 1. The number of amides is 1. The first-order valence-electron chi connectivity index (χ1n) is 9.62. The standard InChI is InChI=1S/C21H25BrN2O4S/c1-3-28-20-11-10-17(13-15(20)2)29(26,27)24-12-6-7-16(14-24)21(25)23-19-9-5-4-8-18(19)22/h4-5,8-11,13,16H,3,6-7,12,14H2,1-2H3,(H,23,25)/t16-/m0/s1. The van der Waals surface area contributed by atoms with Crippen LogP contribution in [0, 0.1) is 12.8 Å². The summed E-state index contributed by atoms with van der Waals surface area (Å²) in [6, 6.07) is 12.2. The van der Waals surface area contributed by atoms with Gasteiger partial charge in [0.05, 0.1) is 23.1 Å². The largest absolute Gasteiger partial charge is 0.494 e. The van der Waals surface area contributed by atoms with Gasteiger partial charge in [-0.05, 0) is 78.5 Å². The molecule has 2 aromatic carbocycles. The Kier molecular flexibility index (Phi) is 6.97. The monoisotopic (exact) mass is 480 g/mol. The van der Waals surface area contributed by atoms with Gasteiger partial charge in [0.1, 0.15) is 5.75 Å². The van der Waals surface area contributed by atoms with Gasteiger partial charge in [-0.25, -0.2) is 8.42 Å². The summed E-state index contributed by atoms with van der Waals surface area (Å²) in [6.45, 7) is 4.82. The van der Waals surface area contributed by atoms with Crippen LogP contribution in [0.15, 0.2) is 51.8 Å². The molecule has 0 radical (unpaired) electrons. The van der Waals surface area contributed by atoms with Crippen molar-refractivity contribution in [2.24, 2.45) is 5.92 Å². The lowest BCUT2D eigenvalue weighted by Crippen LogP contribution is -2.43. The Morgan fingerprint density at radius 1 is 1.28 bits per heavy atom. The number of carbonyl (C=O) groups excluding carboxylic acids is 1. The molecule has 1 aliphatic rings. The number of hydrogen-bond donors (Lipinski definition) is 1. The van der Waals surface area contributed by atoms with Gasteiger partial charge in [-0.2, -0.15) is 4.31 Å². The highest BCUT2D eigenvalue weighted by atomic mass is 79.9. The molecule has 1 heterocycles. The fourth-order valence-electron chi connectivity index (χ4n) is 3.42. The van der Waals surface area contributed by atoms with Crippen molar-refractivity contribution in [3.63, 3.8) is 0 Å². The summed E-state index contributed by atoms with van der Waals surface area (Å²) in [7, 11) is -3.68. The van der Waals surface area contributed by atoms with E-state index in [0.29, 0.717) is 37.4 Å². The fraction of sp³-hybridized carbons (Fsp3) is 0.381. The average Bonchev–Trinajstić information content (AvgIpc) is 2.71. The number of piperidine rings is 1. The number of hydrogen-bond acceptors (Lipinski definition) is 4. The van der Waals surface area contributed by atoms with E-state index in [1.165, 1.54) is 4.31 Å². The summed E-state index contributed by atoms with van der Waals surface area (Å²) >= 11 is 3.42. The maximum absolute atomic E-state index is 13.1. The van der Waals surface area contributed by atoms with Crippen LogP contribution in [0.1, 0.15) is 25.3 Å². The zero-order valence-corrected chi connectivity index (χ0v) is 18.9. The van der Waals surface area contributed by atoms with Crippen molar-refractivity contribution in [3.8, 4) is 5.75 Å². The third-order valence-corrected chi connectivity index (χ3v) is 7.52. The summed E-state index contributed by atoms with van der Waals surface area (Å²) in [4.78, 5) is 13.0. The molecule has 0 unspecified atom stereocenters. The summed E-state index contributed by atoms with van der Waals surface area (Å²) in [5.41, 5.74) is 1.45. The van der Waals surface area contributed by atoms with Crippen molar-refractivity contribution in [1.82, 2.24) is 4.31 Å². The number of nitrogens with zero attached hydrogens (tertiary/aromatic N) is 1. The van der Waals surface area contributed by atoms with Crippen LogP contribution < -0.4 is 10.1 Å². The number of carbonyl (C=O) groups is 1. The number of halogens is 1. The van der Waals surface area contributed by atoms with Gasteiger partial charge in [0.2, 0.25) is 15.9 Å². The lowest BCUT2D eigenvalue weighted by Gasteiger charge is -2.31. The van der Waals surface area contributed by atoms with Crippen molar-refractivity contribution in [2.45, 2.75) is 31.6 Å². The van der Waals surface area contributed by atoms with Crippen molar-refractivity contribution in [3.05, 3.63) is 52.5 Å². The molecule has 3 rings (SSSR count). The molecule has 29 heavy (non-hydrogen) atoms. The van der Waals surface area contributed by atoms with E-state index >= 15 is 0 Å². The van der Waals surface area contributed by atoms with Crippen LogP contribution in [0.4, 0.5) is 5.69 Å². The van der Waals surface area contributed by atoms with Crippen LogP contribution in [-0.2, 0) is 14.8 Å². The topological polar surface area (TPSA) is 75.7 Å². The summed E-state index contributed by atoms with van der Waals surface area (Å²) < 4.78 is 34.0. The highest BCUT2D eigenvalue weighted by Crippen LogP contribution is 2.28. The Hall–Kier alpha value is -1.90. The van der Waals surface area contributed by atoms with E-state index in [-0.39, 0.29) is 17.3 Å². The Morgan fingerprint density at radius 3 is 2.72 bits per heavy atom. The first-order chi connectivity index (χ1) is 13.8. The molecular formula is C21H25BrN2O4S. The number of sulfonamides is 1. The van der Waals surface area contributed by atoms with Gasteiger partial charge in [-0.3, -0.25) is 4.79 Å². The summed E-state index contributed by atoms with van der Waals surface area (Å²) in [5.74, 6) is 0.116. The van der Waals surface area contributed by atoms with Crippen LogP contribution in [0.2, 0.25) is 0 Å². The molecule has 0 spiro atoms. The average molecular weight is 481 g/mol. The fourth-order valence-corrected chi connectivity index (χ4v) is 5.41. The van der Waals surface area contributed by atoms with E-state index in [2.05, 4.69) is 21.2 Å². The molecule has 8 heteroatoms. The Morgan fingerprint density at radius 2 is 2.03 bits per heavy atom. The molecule has 0 aromatic heterocycles. The molecule has 1 N–H and O–H groups in total. The molecule has 0 saturated carbocycles. The molecule has 6 nitrogen and oxygen atoms in total. The molecule has 1 aliphatic heterocycles. The van der Waals surface area contributed by atoms with Crippen LogP contribution in [0.5, 0.6) is 5.75 Å². The number of rotatable bonds is 6. The zero-order valence-electron chi connectivity index (χ0n) is 16.5. The van der Waals surface area contributed by atoms with Crippen LogP contribution in [0.3, 0.4) is 0 Å². The second-order valence-corrected chi connectivity index (χ2v) is 9.82. The van der Waals surface area contributed by atoms with Crippen molar-refractivity contribution in [1.29, 1.82) is 0 Å². The number of benzene rings is 2. The molecule has 1 fully saturated rings. The van der Waals surface area contributed by atoms with Gasteiger partial charge in [0.15, 0.2) is 0 Å². The third kappa shape index (κ3) is 4.99. The minimum Gasteiger partial charge on any atom is -0.494 e. The predicted molar refractivity (Wildman–Crippen MR) is 117 cm³/mol. The normalized spacial score (nSPS) is 17.7. The smallest absolute Gasteiger partial charge is 0.243 e. The van der Waals surface area contributed by atoms with Gasteiger partial charge in [0.25, 0.3) is 0 Å². The van der Waals surface area contributed by atoms with Crippen LogP contribution >= 0.6 is 15.9 Å². The first kappa shape index (κ1) is 21.8. The number of nitrogens with one attached hydrogen (secondary N) is 1. The van der Waals surface area contributed by atoms with E-state index < -0.39 is 15.9 Å². The zero-order chi connectivity index (χ0) is 21.0.